The van der Waals surface area contributed by atoms with Crippen LogP contribution in [0.5, 0.6) is 17.2 Å². The van der Waals surface area contributed by atoms with Crippen molar-refractivity contribution in [1.82, 2.24) is 5.32 Å². The van der Waals surface area contributed by atoms with Gasteiger partial charge in [0, 0.05) is 0 Å². The lowest BCUT2D eigenvalue weighted by Gasteiger charge is -2.26. The molecule has 2 N–H and O–H groups in total. The van der Waals surface area contributed by atoms with Gasteiger partial charge in [-0.05, 0) is 24.3 Å². The summed E-state index contributed by atoms with van der Waals surface area (Å²) in [7, 11) is 1.49. The highest BCUT2D eigenvalue weighted by atomic mass is 16.6. The first kappa shape index (κ1) is 16.6. The number of carbonyl (C=O) groups is 2. The van der Waals surface area contributed by atoms with E-state index in [2.05, 4.69) is 10.6 Å². The Hall–Kier alpha value is -3.22. The largest absolute Gasteiger partial charge is 0.495 e. The molecular formula is C18H18N2O5. The monoisotopic (exact) mass is 342 g/mol. The molecule has 2 aromatic rings. The molecule has 7 heteroatoms. The Morgan fingerprint density at radius 3 is 2.60 bits per heavy atom. The van der Waals surface area contributed by atoms with Crippen molar-refractivity contribution in [1.29, 1.82) is 0 Å². The number of carbonyl (C=O) groups excluding carboxylic acids is 2. The standard InChI is InChI=1S/C18H18N2O5/c1-23-14-7-3-2-6-13(14)20-18(22)17(21)19-10-12-11-24-15-8-4-5-9-16(15)25-12/h2-9,12H,10-11H2,1H3,(H,19,21)(H,20,22)/t12-/m0/s1. The molecule has 2 amide bonds. The van der Waals surface area contributed by atoms with Gasteiger partial charge < -0.3 is 24.8 Å². The van der Waals surface area contributed by atoms with E-state index in [1.165, 1.54) is 7.11 Å². The van der Waals surface area contributed by atoms with Crippen LogP contribution in [-0.4, -0.2) is 38.2 Å². The van der Waals surface area contributed by atoms with E-state index >= 15 is 0 Å². The minimum atomic E-state index is -0.776. The molecule has 25 heavy (non-hydrogen) atoms. The molecule has 0 spiro atoms. The predicted octanol–water partition coefficient (Wildman–Crippen LogP) is 1.59. The molecule has 1 atom stereocenters. The van der Waals surface area contributed by atoms with Gasteiger partial charge >= 0.3 is 11.8 Å². The molecule has 0 saturated heterocycles. The van der Waals surface area contributed by atoms with E-state index < -0.39 is 11.8 Å². The number of para-hydroxylation sites is 4. The van der Waals surface area contributed by atoms with Crippen molar-refractivity contribution in [3.05, 3.63) is 48.5 Å². The molecule has 3 rings (SSSR count). The van der Waals surface area contributed by atoms with E-state index in [9.17, 15) is 9.59 Å². The van der Waals surface area contributed by atoms with Crippen molar-refractivity contribution in [2.24, 2.45) is 0 Å². The van der Waals surface area contributed by atoms with E-state index in [0.29, 0.717) is 29.5 Å². The first-order valence-electron chi connectivity index (χ1n) is 7.78. The third-order valence-electron chi connectivity index (χ3n) is 3.62. The zero-order chi connectivity index (χ0) is 17.6. The molecule has 0 aliphatic carbocycles. The quantitative estimate of drug-likeness (QED) is 0.824. The molecule has 0 unspecified atom stereocenters. The van der Waals surface area contributed by atoms with Gasteiger partial charge in [-0.15, -0.1) is 0 Å². The van der Waals surface area contributed by atoms with Crippen LogP contribution >= 0.6 is 0 Å². The van der Waals surface area contributed by atoms with Gasteiger partial charge in [-0.25, -0.2) is 0 Å². The molecule has 0 saturated carbocycles. The van der Waals surface area contributed by atoms with Crippen LogP contribution < -0.4 is 24.8 Å². The number of amides is 2. The number of anilines is 1. The lowest BCUT2D eigenvalue weighted by molar-refractivity contribution is -0.136. The van der Waals surface area contributed by atoms with Gasteiger partial charge in [0.25, 0.3) is 0 Å². The number of benzene rings is 2. The third kappa shape index (κ3) is 4.00. The second-order valence-corrected chi connectivity index (χ2v) is 5.36. The second kappa shape index (κ2) is 7.57. The van der Waals surface area contributed by atoms with E-state index in [0.717, 1.165) is 0 Å². The maximum Gasteiger partial charge on any atom is 0.313 e. The molecule has 0 bridgehead atoms. The summed E-state index contributed by atoms with van der Waals surface area (Å²) in [5.74, 6) is 0.227. The van der Waals surface area contributed by atoms with Gasteiger partial charge in [-0.2, -0.15) is 0 Å². The summed E-state index contributed by atoms with van der Waals surface area (Å²) < 4.78 is 16.4. The second-order valence-electron chi connectivity index (χ2n) is 5.36. The van der Waals surface area contributed by atoms with Crippen molar-refractivity contribution >= 4 is 17.5 Å². The Labute approximate surface area is 144 Å². The van der Waals surface area contributed by atoms with Crippen molar-refractivity contribution < 1.29 is 23.8 Å². The Balaban J connectivity index is 1.52. The minimum Gasteiger partial charge on any atom is -0.495 e. The van der Waals surface area contributed by atoms with E-state index in [1.54, 1.807) is 30.3 Å². The fraction of sp³-hybridized carbons (Fsp3) is 0.222. The molecule has 1 aliphatic heterocycles. The Bertz CT molecular complexity index is 778. The summed E-state index contributed by atoms with van der Waals surface area (Å²) >= 11 is 0. The molecule has 7 nitrogen and oxygen atoms in total. The van der Waals surface area contributed by atoms with Crippen LogP contribution in [0, 0.1) is 0 Å². The van der Waals surface area contributed by atoms with Crippen LogP contribution in [0.4, 0.5) is 5.69 Å². The van der Waals surface area contributed by atoms with E-state index in [1.807, 2.05) is 18.2 Å². The molecular weight excluding hydrogens is 324 g/mol. The van der Waals surface area contributed by atoms with Gasteiger partial charge in [-0.3, -0.25) is 9.59 Å². The summed E-state index contributed by atoms with van der Waals surface area (Å²) in [6.45, 7) is 0.456. The first-order valence-corrected chi connectivity index (χ1v) is 7.78. The number of ether oxygens (including phenoxy) is 3. The van der Waals surface area contributed by atoms with Gasteiger partial charge in [0.1, 0.15) is 18.5 Å². The van der Waals surface area contributed by atoms with E-state index in [4.69, 9.17) is 14.2 Å². The Morgan fingerprint density at radius 2 is 1.80 bits per heavy atom. The lowest BCUT2D eigenvalue weighted by Crippen LogP contribution is -2.44. The van der Waals surface area contributed by atoms with Crippen LogP contribution in [0.25, 0.3) is 0 Å². The van der Waals surface area contributed by atoms with Gasteiger partial charge in [0.2, 0.25) is 0 Å². The lowest BCUT2D eigenvalue weighted by atomic mass is 10.2. The molecule has 0 fully saturated rings. The first-order chi connectivity index (χ1) is 12.2. The zero-order valence-corrected chi connectivity index (χ0v) is 13.7. The molecule has 130 valence electrons. The zero-order valence-electron chi connectivity index (χ0n) is 13.7. The maximum absolute atomic E-state index is 12.0. The molecule has 1 aliphatic rings. The Morgan fingerprint density at radius 1 is 1.08 bits per heavy atom. The SMILES string of the molecule is COc1ccccc1NC(=O)C(=O)NC[C@H]1COc2ccccc2O1. The van der Waals surface area contributed by atoms with Crippen LogP contribution in [0.1, 0.15) is 0 Å². The molecule has 0 aromatic heterocycles. The normalized spacial score (nSPS) is 15.2. The fourth-order valence-electron chi connectivity index (χ4n) is 2.38. The van der Waals surface area contributed by atoms with Crippen molar-refractivity contribution in [2.75, 3.05) is 25.6 Å². The number of hydrogen-bond acceptors (Lipinski definition) is 5. The third-order valence-corrected chi connectivity index (χ3v) is 3.62. The van der Waals surface area contributed by atoms with Crippen molar-refractivity contribution in [3.8, 4) is 17.2 Å². The van der Waals surface area contributed by atoms with Crippen molar-refractivity contribution in [2.45, 2.75) is 6.10 Å². The Kier molecular flexibility index (Phi) is 5.03. The number of hydrogen-bond donors (Lipinski definition) is 2. The summed E-state index contributed by atoms with van der Waals surface area (Å²) in [6, 6.07) is 14.1. The summed E-state index contributed by atoms with van der Waals surface area (Å²) in [6.07, 6.45) is -0.363. The van der Waals surface area contributed by atoms with Gasteiger partial charge in [-0.1, -0.05) is 24.3 Å². The van der Waals surface area contributed by atoms with Crippen LogP contribution in [0.2, 0.25) is 0 Å². The minimum absolute atomic E-state index is 0.159. The van der Waals surface area contributed by atoms with Gasteiger partial charge in [0.05, 0.1) is 19.3 Å². The average molecular weight is 342 g/mol. The highest BCUT2D eigenvalue weighted by Gasteiger charge is 2.23. The molecule has 2 aromatic carbocycles. The number of rotatable bonds is 4. The number of nitrogens with one attached hydrogen (secondary N) is 2. The maximum atomic E-state index is 12.0. The highest BCUT2D eigenvalue weighted by molar-refractivity contribution is 6.39. The average Bonchev–Trinajstić information content (AvgIpc) is 2.66. The van der Waals surface area contributed by atoms with Crippen molar-refractivity contribution in [3.63, 3.8) is 0 Å². The topological polar surface area (TPSA) is 85.9 Å². The number of fused-ring (bicyclic) bond motifs is 1. The highest BCUT2D eigenvalue weighted by Crippen LogP contribution is 2.30. The molecule has 0 radical (unpaired) electrons. The summed E-state index contributed by atoms with van der Waals surface area (Å²) in [4.78, 5) is 24.0. The van der Waals surface area contributed by atoms with Crippen LogP contribution in [0.3, 0.4) is 0 Å². The fourth-order valence-corrected chi connectivity index (χ4v) is 2.38. The van der Waals surface area contributed by atoms with Crippen LogP contribution in [-0.2, 0) is 9.59 Å². The smallest absolute Gasteiger partial charge is 0.313 e. The van der Waals surface area contributed by atoms with Crippen LogP contribution in [0.15, 0.2) is 48.5 Å². The number of methoxy groups -OCH3 is 1. The van der Waals surface area contributed by atoms with E-state index in [-0.39, 0.29) is 12.6 Å². The van der Waals surface area contributed by atoms with Gasteiger partial charge in [0.15, 0.2) is 11.5 Å². The molecule has 1 heterocycles. The summed E-state index contributed by atoms with van der Waals surface area (Å²) in [5, 5.41) is 5.06. The predicted molar refractivity (Wildman–Crippen MR) is 91.0 cm³/mol. The summed E-state index contributed by atoms with van der Waals surface area (Å²) in [5.41, 5.74) is 0.427.